The van der Waals surface area contributed by atoms with E-state index in [2.05, 4.69) is 67.6 Å². The summed E-state index contributed by atoms with van der Waals surface area (Å²) in [4.78, 5) is 0. The van der Waals surface area contributed by atoms with E-state index >= 15 is 0 Å². The molecule has 2 unspecified atom stereocenters. The molecule has 0 radical (unpaired) electrons. The average Bonchev–Trinajstić information content (AvgIpc) is 3.08. The van der Waals surface area contributed by atoms with Crippen LogP contribution in [-0.2, 0) is 0 Å². The largest absolute Gasteiger partial charge is 0.469 e. The van der Waals surface area contributed by atoms with E-state index in [1.807, 2.05) is 11.8 Å². The predicted molar refractivity (Wildman–Crippen MR) is 106 cm³/mol. The van der Waals surface area contributed by atoms with Crippen molar-refractivity contribution < 1.29 is 4.74 Å². The third-order valence-corrected chi connectivity index (χ3v) is 5.83. The fraction of sp³-hybridized carbons (Fsp3) is 0.381. The minimum atomic E-state index is 0.0244. The second-order valence-electron chi connectivity index (χ2n) is 6.84. The Morgan fingerprint density at radius 1 is 1.16 bits per heavy atom. The van der Waals surface area contributed by atoms with Gasteiger partial charge in [-0.2, -0.15) is 16.9 Å². The van der Waals surface area contributed by atoms with Crippen LogP contribution in [-0.4, -0.2) is 29.0 Å². The summed E-state index contributed by atoms with van der Waals surface area (Å²) in [6, 6.07) is 15.4. The number of aryl methyl sites for hydroxylation is 2. The van der Waals surface area contributed by atoms with Crippen LogP contribution >= 0.6 is 11.8 Å². The molecular weight excluding hydrogens is 328 g/mol. The third kappa shape index (κ3) is 3.04. The summed E-state index contributed by atoms with van der Waals surface area (Å²) < 4.78 is 6.28. The first-order chi connectivity index (χ1) is 12.2. The SMILES string of the molecule is CSCCC1Oc2ccccc2C2CC(c3ccc(C)c(C)c3)=NN12. The number of hydrazone groups is 1. The summed E-state index contributed by atoms with van der Waals surface area (Å²) >= 11 is 1.86. The first-order valence-corrected chi connectivity index (χ1v) is 10.2. The number of thioether (sulfide) groups is 1. The van der Waals surface area contributed by atoms with Gasteiger partial charge in [-0.15, -0.1) is 0 Å². The van der Waals surface area contributed by atoms with Gasteiger partial charge in [-0.25, -0.2) is 0 Å². The van der Waals surface area contributed by atoms with E-state index < -0.39 is 0 Å². The number of benzene rings is 2. The molecule has 2 atom stereocenters. The van der Waals surface area contributed by atoms with Gasteiger partial charge in [0.1, 0.15) is 5.75 Å². The normalized spacial score (nSPS) is 21.4. The van der Waals surface area contributed by atoms with Crippen LogP contribution in [0.2, 0.25) is 0 Å². The van der Waals surface area contributed by atoms with Crippen LogP contribution in [0.4, 0.5) is 0 Å². The van der Waals surface area contributed by atoms with E-state index in [0.717, 1.165) is 24.3 Å². The van der Waals surface area contributed by atoms with E-state index in [0.29, 0.717) is 0 Å². The lowest BCUT2D eigenvalue weighted by Crippen LogP contribution is -2.40. The molecule has 2 aliphatic heterocycles. The van der Waals surface area contributed by atoms with Gasteiger partial charge in [-0.1, -0.05) is 30.3 Å². The molecule has 0 N–H and O–H groups in total. The Hall–Kier alpha value is -1.94. The molecule has 0 aromatic heterocycles. The summed E-state index contributed by atoms with van der Waals surface area (Å²) in [5.41, 5.74) is 6.30. The molecule has 2 aromatic rings. The topological polar surface area (TPSA) is 24.8 Å². The Balaban J connectivity index is 1.69. The maximum atomic E-state index is 6.28. The van der Waals surface area contributed by atoms with Crippen LogP contribution in [0.3, 0.4) is 0 Å². The third-order valence-electron chi connectivity index (χ3n) is 5.19. The second kappa shape index (κ2) is 6.75. The molecule has 0 fully saturated rings. The molecule has 0 saturated carbocycles. The van der Waals surface area contributed by atoms with Crippen LogP contribution in [0.1, 0.15) is 41.1 Å². The number of rotatable bonds is 4. The lowest BCUT2D eigenvalue weighted by molar-refractivity contribution is -0.0180. The van der Waals surface area contributed by atoms with Crippen molar-refractivity contribution in [3.05, 3.63) is 64.7 Å². The Morgan fingerprint density at radius 2 is 2.00 bits per heavy atom. The molecule has 0 spiro atoms. The van der Waals surface area contributed by atoms with E-state index in [-0.39, 0.29) is 12.3 Å². The minimum Gasteiger partial charge on any atom is -0.469 e. The Kier molecular flexibility index (Phi) is 4.46. The fourth-order valence-electron chi connectivity index (χ4n) is 3.61. The molecule has 0 amide bonds. The number of hydrogen-bond acceptors (Lipinski definition) is 4. The van der Waals surface area contributed by atoms with Crippen molar-refractivity contribution in [1.29, 1.82) is 0 Å². The van der Waals surface area contributed by atoms with Gasteiger partial charge in [0.25, 0.3) is 0 Å². The summed E-state index contributed by atoms with van der Waals surface area (Å²) in [6.07, 6.45) is 4.09. The van der Waals surface area contributed by atoms with Crippen molar-refractivity contribution in [2.24, 2.45) is 5.10 Å². The van der Waals surface area contributed by atoms with Crippen LogP contribution in [0, 0.1) is 13.8 Å². The first kappa shape index (κ1) is 16.5. The number of nitrogens with zero attached hydrogens (tertiary/aromatic N) is 2. The van der Waals surface area contributed by atoms with Crippen molar-refractivity contribution in [2.75, 3.05) is 12.0 Å². The van der Waals surface area contributed by atoms with Crippen molar-refractivity contribution in [3.63, 3.8) is 0 Å². The van der Waals surface area contributed by atoms with Crippen LogP contribution in [0.15, 0.2) is 47.6 Å². The van der Waals surface area contributed by atoms with Crippen LogP contribution in [0.25, 0.3) is 0 Å². The maximum absolute atomic E-state index is 6.28. The van der Waals surface area contributed by atoms with E-state index in [4.69, 9.17) is 9.84 Å². The second-order valence-corrected chi connectivity index (χ2v) is 7.82. The molecule has 130 valence electrons. The molecule has 4 rings (SSSR count). The molecule has 0 bridgehead atoms. The highest BCUT2D eigenvalue weighted by Gasteiger charge is 2.39. The van der Waals surface area contributed by atoms with Gasteiger partial charge in [-0.3, -0.25) is 5.01 Å². The summed E-state index contributed by atoms with van der Waals surface area (Å²) in [7, 11) is 0. The van der Waals surface area contributed by atoms with E-state index in [1.54, 1.807) is 0 Å². The Bertz CT molecular complexity index is 817. The first-order valence-electron chi connectivity index (χ1n) is 8.85. The van der Waals surface area contributed by atoms with Crippen molar-refractivity contribution >= 4 is 17.5 Å². The standard InChI is InChI=1S/C21H24N2OS/c1-14-8-9-16(12-15(14)2)18-13-19-17-6-4-5-7-20(17)24-21(10-11-25-3)23(19)22-18/h4-9,12,19,21H,10-11,13H2,1-3H3. The highest BCUT2D eigenvalue weighted by molar-refractivity contribution is 7.98. The number of fused-ring (bicyclic) bond motifs is 3. The van der Waals surface area contributed by atoms with Gasteiger partial charge >= 0.3 is 0 Å². The zero-order valence-corrected chi connectivity index (χ0v) is 15.8. The van der Waals surface area contributed by atoms with Gasteiger partial charge in [0.2, 0.25) is 0 Å². The summed E-state index contributed by atoms with van der Waals surface area (Å²) in [6.45, 7) is 4.32. The van der Waals surface area contributed by atoms with E-state index in [9.17, 15) is 0 Å². The molecule has 25 heavy (non-hydrogen) atoms. The number of para-hydroxylation sites is 1. The summed E-state index contributed by atoms with van der Waals surface area (Å²) in [5.74, 6) is 2.09. The Morgan fingerprint density at radius 3 is 2.80 bits per heavy atom. The van der Waals surface area contributed by atoms with Gasteiger partial charge in [-0.05, 0) is 54.7 Å². The number of hydrogen-bond donors (Lipinski definition) is 0. The average molecular weight is 353 g/mol. The zero-order chi connectivity index (χ0) is 17.4. The highest BCUT2D eigenvalue weighted by Crippen LogP contribution is 2.43. The molecular formula is C21H24N2OS. The van der Waals surface area contributed by atoms with Gasteiger partial charge in [0.15, 0.2) is 6.23 Å². The lowest BCUT2D eigenvalue weighted by Gasteiger charge is -2.38. The molecule has 2 aromatic carbocycles. The van der Waals surface area contributed by atoms with E-state index in [1.165, 1.54) is 28.0 Å². The molecule has 2 heterocycles. The highest BCUT2D eigenvalue weighted by atomic mass is 32.2. The fourth-order valence-corrected chi connectivity index (χ4v) is 4.05. The minimum absolute atomic E-state index is 0.0244. The molecule has 4 heteroatoms. The molecule has 0 aliphatic carbocycles. The lowest BCUT2D eigenvalue weighted by atomic mass is 9.95. The maximum Gasteiger partial charge on any atom is 0.188 e. The van der Waals surface area contributed by atoms with Crippen molar-refractivity contribution in [1.82, 2.24) is 5.01 Å². The molecule has 3 nitrogen and oxygen atoms in total. The van der Waals surface area contributed by atoms with Gasteiger partial charge < -0.3 is 4.74 Å². The zero-order valence-electron chi connectivity index (χ0n) is 15.0. The van der Waals surface area contributed by atoms with Crippen LogP contribution < -0.4 is 4.74 Å². The summed E-state index contributed by atoms with van der Waals surface area (Å²) in [5, 5.41) is 7.20. The monoisotopic (exact) mass is 352 g/mol. The quantitative estimate of drug-likeness (QED) is 0.780. The Labute approximate surface area is 154 Å². The van der Waals surface area contributed by atoms with Crippen molar-refractivity contribution in [3.8, 4) is 5.75 Å². The number of ether oxygens (including phenoxy) is 1. The van der Waals surface area contributed by atoms with Gasteiger partial charge in [0, 0.05) is 18.4 Å². The smallest absolute Gasteiger partial charge is 0.188 e. The predicted octanol–water partition coefficient (Wildman–Crippen LogP) is 4.93. The molecule has 0 saturated heterocycles. The van der Waals surface area contributed by atoms with Crippen molar-refractivity contribution in [2.45, 2.75) is 39.0 Å². The van der Waals surface area contributed by atoms with Gasteiger partial charge in [0.05, 0.1) is 11.8 Å². The molecule has 2 aliphatic rings. The van der Waals surface area contributed by atoms with Crippen LogP contribution in [0.5, 0.6) is 5.75 Å².